The Balaban J connectivity index is 2.61. The van der Waals surface area contributed by atoms with E-state index >= 15 is 0 Å². The number of likely N-dealkylation sites (N-methyl/N-ethyl adjacent to an activating group) is 2. The van der Waals surface area contributed by atoms with Gasteiger partial charge in [-0.15, -0.1) is 0 Å². The van der Waals surface area contributed by atoms with Gasteiger partial charge in [-0.2, -0.15) is 0 Å². The molecule has 2 rings (SSSR count). The van der Waals surface area contributed by atoms with E-state index in [2.05, 4.69) is 6.58 Å². The molecule has 0 unspecified atom stereocenters. The monoisotopic (exact) mass is 274 g/mol. The summed E-state index contributed by atoms with van der Waals surface area (Å²) in [4.78, 5) is 37.8. The van der Waals surface area contributed by atoms with E-state index in [0.29, 0.717) is 17.1 Å². The van der Waals surface area contributed by atoms with E-state index in [1.54, 1.807) is 19.1 Å². The van der Waals surface area contributed by atoms with Gasteiger partial charge in [0.05, 0.1) is 0 Å². The second-order valence-corrected chi connectivity index (χ2v) is 4.45. The van der Waals surface area contributed by atoms with Crippen molar-refractivity contribution in [2.75, 3.05) is 14.1 Å². The largest absolute Gasteiger partial charge is 0.462 e. The third-order valence-corrected chi connectivity index (χ3v) is 3.04. The molecule has 0 radical (unpaired) electrons. The van der Waals surface area contributed by atoms with E-state index in [4.69, 9.17) is 4.74 Å². The highest BCUT2D eigenvalue weighted by Gasteiger charge is 2.39. The molecule has 4 amide bonds. The van der Waals surface area contributed by atoms with Crippen molar-refractivity contribution in [3.05, 3.63) is 47.5 Å². The number of hydrogen-bond donors (Lipinski definition) is 0. The van der Waals surface area contributed by atoms with Crippen LogP contribution in [0.1, 0.15) is 6.92 Å². The van der Waals surface area contributed by atoms with Crippen LogP contribution in [0.5, 0.6) is 0 Å². The summed E-state index contributed by atoms with van der Waals surface area (Å²) in [7, 11) is 2.67. The second-order valence-electron chi connectivity index (χ2n) is 4.45. The number of imide groups is 2. The Kier molecular flexibility index (Phi) is 3.31. The van der Waals surface area contributed by atoms with E-state index in [0.717, 1.165) is 9.80 Å². The normalized spacial score (nSPS) is 19.9. The van der Waals surface area contributed by atoms with Crippen LogP contribution in [0.15, 0.2) is 47.5 Å². The van der Waals surface area contributed by atoms with Gasteiger partial charge in [-0.3, -0.25) is 19.4 Å². The molecule has 1 fully saturated rings. The van der Waals surface area contributed by atoms with Crippen LogP contribution >= 0.6 is 0 Å². The summed E-state index contributed by atoms with van der Waals surface area (Å²) in [6, 6.07) is -0.648. The summed E-state index contributed by atoms with van der Waals surface area (Å²) in [6.45, 7) is 5.29. The van der Waals surface area contributed by atoms with Crippen molar-refractivity contribution in [3.8, 4) is 0 Å². The molecule has 0 aromatic heterocycles. The number of rotatable bonds is 1. The minimum atomic E-state index is -0.648. The van der Waals surface area contributed by atoms with Gasteiger partial charge in [-0.05, 0) is 30.7 Å². The zero-order valence-electron chi connectivity index (χ0n) is 11.5. The average Bonchev–Trinajstić information content (AvgIpc) is 2.42. The fraction of sp³-hybridized carbons (Fsp3) is 0.214. The Hall–Kier alpha value is -2.63. The molecule has 0 aromatic rings. The maximum Gasteiger partial charge on any atom is 0.333 e. The number of allylic oxidation sites excluding steroid dienone is 5. The molecular formula is C14H14N2O4. The number of ether oxygens (including phenoxy) is 1. The van der Waals surface area contributed by atoms with Gasteiger partial charge in [-0.1, -0.05) is 6.58 Å². The number of urea groups is 1. The molecule has 1 saturated heterocycles. The molecule has 0 spiro atoms. The summed E-state index contributed by atoms with van der Waals surface area (Å²) < 4.78 is 5.36. The molecular weight excluding hydrogens is 260 g/mol. The summed E-state index contributed by atoms with van der Waals surface area (Å²) in [5.74, 6) is -0.277. The molecule has 20 heavy (non-hydrogen) atoms. The minimum absolute atomic E-state index is 0.0587. The van der Waals surface area contributed by atoms with Crippen molar-refractivity contribution in [3.63, 3.8) is 0 Å². The van der Waals surface area contributed by atoms with E-state index in [1.165, 1.54) is 20.2 Å². The zero-order chi connectivity index (χ0) is 15.0. The smallest absolute Gasteiger partial charge is 0.333 e. The lowest BCUT2D eigenvalue weighted by Crippen LogP contribution is -2.53. The third-order valence-electron chi connectivity index (χ3n) is 3.04. The molecule has 6 nitrogen and oxygen atoms in total. The first-order valence-corrected chi connectivity index (χ1v) is 5.91. The molecule has 6 heteroatoms. The summed E-state index contributed by atoms with van der Waals surface area (Å²) in [6.07, 6.45) is 4.60. The van der Waals surface area contributed by atoms with Crippen molar-refractivity contribution in [2.24, 2.45) is 0 Å². The Bertz CT molecular complexity index is 599. The maximum absolute atomic E-state index is 12.2. The Labute approximate surface area is 116 Å². The lowest BCUT2D eigenvalue weighted by Gasteiger charge is -2.30. The Morgan fingerprint density at radius 2 is 1.65 bits per heavy atom. The molecule has 104 valence electrons. The van der Waals surface area contributed by atoms with Gasteiger partial charge in [0.15, 0.2) is 0 Å². The van der Waals surface area contributed by atoms with Crippen LogP contribution in [-0.2, 0) is 14.3 Å². The molecule has 0 N–H and O–H groups in total. The highest BCUT2D eigenvalue weighted by molar-refractivity contribution is 6.29. The zero-order valence-corrected chi connectivity index (χ0v) is 11.5. The molecule has 0 aromatic carbocycles. The number of carbonyl (C=O) groups is 3. The summed E-state index contributed by atoms with van der Waals surface area (Å²) in [5, 5.41) is 0. The highest BCUT2D eigenvalue weighted by Crippen LogP contribution is 2.26. The van der Waals surface area contributed by atoms with Crippen LogP contribution < -0.4 is 0 Å². The van der Waals surface area contributed by atoms with Gasteiger partial charge >= 0.3 is 6.03 Å². The maximum atomic E-state index is 12.2. The number of hydrogen-bond acceptors (Lipinski definition) is 4. The fourth-order valence-corrected chi connectivity index (χ4v) is 1.98. The predicted octanol–water partition coefficient (Wildman–Crippen LogP) is 1.34. The van der Waals surface area contributed by atoms with Gasteiger partial charge in [0.1, 0.15) is 17.1 Å². The lowest BCUT2D eigenvalue weighted by molar-refractivity contribution is -0.134. The number of carbonyl (C=O) groups excluding carboxylic acids is 3. The van der Waals surface area contributed by atoms with E-state index in [1.807, 2.05) is 0 Å². The summed E-state index contributed by atoms with van der Waals surface area (Å²) >= 11 is 0. The number of nitrogens with zero attached hydrogens (tertiary/aromatic N) is 2. The van der Waals surface area contributed by atoms with Crippen LogP contribution in [-0.4, -0.2) is 41.7 Å². The quantitative estimate of drug-likeness (QED) is 0.534. The second kappa shape index (κ2) is 4.80. The third kappa shape index (κ3) is 2.05. The number of barbiturate groups is 1. The molecule has 0 bridgehead atoms. The van der Waals surface area contributed by atoms with E-state index in [9.17, 15) is 14.4 Å². The fourth-order valence-electron chi connectivity index (χ4n) is 1.98. The first kappa shape index (κ1) is 13.8. The standard InChI is InChI=1S/C14H14N2O4/c1-5-10-7-9(6-8(2)20-10)11-12(17)15(3)14(19)16(4)13(11)18/h5-7H,1H2,2-4H3. The molecule has 0 aliphatic carbocycles. The van der Waals surface area contributed by atoms with Gasteiger partial charge in [0.25, 0.3) is 11.8 Å². The number of amides is 4. The van der Waals surface area contributed by atoms with E-state index < -0.39 is 17.8 Å². The Morgan fingerprint density at radius 3 is 2.15 bits per heavy atom. The van der Waals surface area contributed by atoms with Crippen molar-refractivity contribution in [1.29, 1.82) is 0 Å². The van der Waals surface area contributed by atoms with Crippen molar-refractivity contribution >= 4 is 17.8 Å². The van der Waals surface area contributed by atoms with Gasteiger partial charge in [-0.25, -0.2) is 4.79 Å². The van der Waals surface area contributed by atoms with Crippen LogP contribution in [0.3, 0.4) is 0 Å². The minimum Gasteiger partial charge on any atom is -0.462 e. The van der Waals surface area contributed by atoms with Crippen LogP contribution in [0.25, 0.3) is 0 Å². The van der Waals surface area contributed by atoms with Crippen LogP contribution in [0.2, 0.25) is 0 Å². The molecule has 2 aliphatic heterocycles. The topological polar surface area (TPSA) is 66.9 Å². The van der Waals surface area contributed by atoms with Crippen molar-refractivity contribution in [1.82, 2.24) is 9.80 Å². The van der Waals surface area contributed by atoms with Crippen molar-refractivity contribution < 1.29 is 19.1 Å². The van der Waals surface area contributed by atoms with Gasteiger partial charge in [0, 0.05) is 14.1 Å². The first-order chi connectivity index (χ1) is 9.36. The van der Waals surface area contributed by atoms with E-state index in [-0.39, 0.29) is 5.57 Å². The molecule has 0 saturated carbocycles. The van der Waals surface area contributed by atoms with Crippen LogP contribution in [0.4, 0.5) is 4.79 Å². The summed E-state index contributed by atoms with van der Waals surface area (Å²) in [5.41, 5.74) is 0.349. The highest BCUT2D eigenvalue weighted by atomic mass is 16.5. The predicted molar refractivity (Wildman–Crippen MR) is 71.1 cm³/mol. The lowest BCUT2D eigenvalue weighted by atomic mass is 10.0. The van der Waals surface area contributed by atoms with Crippen molar-refractivity contribution in [2.45, 2.75) is 6.92 Å². The molecule has 2 aliphatic rings. The van der Waals surface area contributed by atoms with Crippen LogP contribution in [0, 0.1) is 0 Å². The average molecular weight is 274 g/mol. The van der Waals surface area contributed by atoms with Gasteiger partial charge < -0.3 is 4.74 Å². The first-order valence-electron chi connectivity index (χ1n) is 5.91. The Morgan fingerprint density at radius 1 is 1.10 bits per heavy atom. The molecule has 2 heterocycles. The molecule has 0 atom stereocenters. The van der Waals surface area contributed by atoms with Gasteiger partial charge in [0.2, 0.25) is 0 Å². The SMILES string of the molecule is C=CC1=CC(=C2C(=O)N(C)C(=O)N(C)C2=O)C=C(C)O1.